The second-order valence-electron chi connectivity index (χ2n) is 4.12. The lowest BCUT2D eigenvalue weighted by molar-refractivity contribution is 0.681. The van der Waals surface area contributed by atoms with Crippen LogP contribution in [0.3, 0.4) is 0 Å². The molecule has 0 bridgehead atoms. The second kappa shape index (κ2) is 5.94. The lowest BCUT2D eigenvalue weighted by Crippen LogP contribution is -2.12. The Morgan fingerprint density at radius 2 is 2.12 bits per heavy atom. The van der Waals surface area contributed by atoms with Gasteiger partial charge in [0.1, 0.15) is 5.01 Å². The van der Waals surface area contributed by atoms with Gasteiger partial charge in [0, 0.05) is 23.2 Å². The third-order valence-electron chi connectivity index (χ3n) is 2.66. The zero-order valence-corrected chi connectivity index (χ0v) is 11.2. The number of thiazole rings is 1. The van der Waals surface area contributed by atoms with Crippen molar-refractivity contribution in [1.29, 1.82) is 0 Å². The van der Waals surface area contributed by atoms with Gasteiger partial charge in [-0.15, -0.1) is 11.3 Å². The first-order valence-electron chi connectivity index (χ1n) is 6.02. The van der Waals surface area contributed by atoms with E-state index in [9.17, 15) is 0 Å². The van der Waals surface area contributed by atoms with Gasteiger partial charge in [-0.05, 0) is 25.5 Å². The lowest BCUT2D eigenvalue weighted by Gasteiger charge is -2.00. The minimum absolute atomic E-state index is 0.928. The molecule has 0 amide bonds. The standard InChI is InChI=1S/C14H18N2S/c1-3-8-15-9-12-10-16-14(17-12)13-7-5-4-6-11(13)2/h4-7,10,15H,3,8-9H2,1-2H3. The van der Waals surface area contributed by atoms with Crippen LogP contribution in [-0.2, 0) is 6.54 Å². The molecule has 0 unspecified atom stereocenters. The molecule has 0 radical (unpaired) electrons. The van der Waals surface area contributed by atoms with E-state index < -0.39 is 0 Å². The normalized spacial score (nSPS) is 10.7. The maximum atomic E-state index is 4.50. The highest BCUT2D eigenvalue weighted by Crippen LogP contribution is 2.27. The Labute approximate surface area is 107 Å². The minimum Gasteiger partial charge on any atom is -0.312 e. The van der Waals surface area contributed by atoms with Crippen molar-refractivity contribution >= 4 is 11.3 Å². The maximum Gasteiger partial charge on any atom is 0.123 e. The molecule has 0 atom stereocenters. The van der Waals surface area contributed by atoms with Gasteiger partial charge in [0.05, 0.1) is 0 Å². The van der Waals surface area contributed by atoms with Gasteiger partial charge in [-0.25, -0.2) is 4.98 Å². The van der Waals surface area contributed by atoms with E-state index in [4.69, 9.17) is 0 Å². The van der Waals surface area contributed by atoms with Gasteiger partial charge >= 0.3 is 0 Å². The van der Waals surface area contributed by atoms with E-state index in [2.05, 4.69) is 48.4 Å². The Balaban J connectivity index is 2.10. The molecular formula is C14H18N2S. The predicted octanol–water partition coefficient (Wildman–Crippen LogP) is 3.62. The zero-order valence-electron chi connectivity index (χ0n) is 10.4. The molecule has 90 valence electrons. The molecule has 0 spiro atoms. The first-order valence-corrected chi connectivity index (χ1v) is 6.84. The number of hydrogen-bond donors (Lipinski definition) is 1. The first kappa shape index (κ1) is 12.3. The number of aryl methyl sites for hydroxylation is 1. The number of hydrogen-bond acceptors (Lipinski definition) is 3. The monoisotopic (exact) mass is 246 g/mol. The Morgan fingerprint density at radius 3 is 2.88 bits per heavy atom. The number of benzene rings is 1. The highest BCUT2D eigenvalue weighted by molar-refractivity contribution is 7.15. The van der Waals surface area contributed by atoms with Crippen molar-refractivity contribution in [2.24, 2.45) is 0 Å². The minimum atomic E-state index is 0.928. The van der Waals surface area contributed by atoms with Crippen LogP contribution in [0.5, 0.6) is 0 Å². The summed E-state index contributed by atoms with van der Waals surface area (Å²) in [5.41, 5.74) is 2.54. The summed E-state index contributed by atoms with van der Waals surface area (Å²) in [4.78, 5) is 5.81. The quantitative estimate of drug-likeness (QED) is 0.815. The van der Waals surface area contributed by atoms with E-state index in [0.717, 1.165) is 18.1 Å². The van der Waals surface area contributed by atoms with E-state index >= 15 is 0 Å². The van der Waals surface area contributed by atoms with E-state index in [-0.39, 0.29) is 0 Å². The molecule has 1 aromatic carbocycles. The van der Waals surface area contributed by atoms with E-state index in [1.807, 2.05) is 6.20 Å². The van der Waals surface area contributed by atoms with Crippen LogP contribution >= 0.6 is 11.3 Å². The Morgan fingerprint density at radius 1 is 1.29 bits per heavy atom. The third-order valence-corrected chi connectivity index (χ3v) is 3.69. The third kappa shape index (κ3) is 3.14. The summed E-state index contributed by atoms with van der Waals surface area (Å²) < 4.78 is 0. The summed E-state index contributed by atoms with van der Waals surface area (Å²) in [6.07, 6.45) is 3.15. The highest BCUT2D eigenvalue weighted by Gasteiger charge is 2.06. The number of aromatic nitrogens is 1. The van der Waals surface area contributed by atoms with Gasteiger partial charge < -0.3 is 5.32 Å². The van der Waals surface area contributed by atoms with Crippen LogP contribution in [0.25, 0.3) is 10.6 Å². The molecular weight excluding hydrogens is 228 g/mol. The molecule has 0 aliphatic carbocycles. The highest BCUT2D eigenvalue weighted by atomic mass is 32.1. The summed E-state index contributed by atoms with van der Waals surface area (Å²) in [6, 6.07) is 8.40. The van der Waals surface area contributed by atoms with Gasteiger partial charge in [-0.2, -0.15) is 0 Å². The summed E-state index contributed by atoms with van der Waals surface area (Å²) in [7, 11) is 0. The number of nitrogens with one attached hydrogen (secondary N) is 1. The van der Waals surface area contributed by atoms with E-state index in [0.29, 0.717) is 0 Å². The molecule has 2 nitrogen and oxygen atoms in total. The van der Waals surface area contributed by atoms with Crippen molar-refractivity contribution in [3.63, 3.8) is 0 Å². The Hall–Kier alpha value is -1.19. The molecule has 1 N–H and O–H groups in total. The lowest BCUT2D eigenvalue weighted by atomic mass is 10.1. The van der Waals surface area contributed by atoms with Crippen LogP contribution in [0, 0.1) is 6.92 Å². The van der Waals surface area contributed by atoms with Crippen LogP contribution in [0.1, 0.15) is 23.8 Å². The average molecular weight is 246 g/mol. The Bertz CT molecular complexity index is 477. The van der Waals surface area contributed by atoms with Crippen molar-refractivity contribution in [3.05, 3.63) is 40.9 Å². The summed E-state index contributed by atoms with van der Waals surface area (Å²) >= 11 is 1.78. The van der Waals surface area contributed by atoms with Crippen LogP contribution in [0.2, 0.25) is 0 Å². The molecule has 0 fully saturated rings. The molecule has 17 heavy (non-hydrogen) atoms. The van der Waals surface area contributed by atoms with Gasteiger partial charge in [0.2, 0.25) is 0 Å². The molecule has 0 aliphatic heterocycles. The fourth-order valence-corrected chi connectivity index (χ4v) is 2.69. The molecule has 2 aromatic rings. The average Bonchev–Trinajstić information content (AvgIpc) is 2.79. The first-order chi connectivity index (χ1) is 8.31. The van der Waals surface area contributed by atoms with Gasteiger partial charge in [0.25, 0.3) is 0 Å². The number of nitrogens with zero attached hydrogens (tertiary/aromatic N) is 1. The van der Waals surface area contributed by atoms with Crippen LogP contribution in [0.15, 0.2) is 30.5 Å². The Kier molecular flexibility index (Phi) is 4.29. The summed E-state index contributed by atoms with van der Waals surface area (Å²) in [5, 5.41) is 4.52. The maximum absolute atomic E-state index is 4.50. The molecule has 1 heterocycles. The van der Waals surface area contributed by atoms with Crippen molar-refractivity contribution in [2.45, 2.75) is 26.8 Å². The predicted molar refractivity (Wildman–Crippen MR) is 74.3 cm³/mol. The van der Waals surface area contributed by atoms with Crippen molar-refractivity contribution in [2.75, 3.05) is 6.54 Å². The van der Waals surface area contributed by atoms with Gasteiger partial charge in [-0.1, -0.05) is 31.2 Å². The van der Waals surface area contributed by atoms with Crippen LogP contribution in [0.4, 0.5) is 0 Å². The fourth-order valence-electron chi connectivity index (χ4n) is 1.71. The second-order valence-corrected chi connectivity index (χ2v) is 5.24. The van der Waals surface area contributed by atoms with Crippen LogP contribution < -0.4 is 5.32 Å². The molecule has 0 saturated carbocycles. The zero-order chi connectivity index (χ0) is 12.1. The SMILES string of the molecule is CCCNCc1cnc(-c2ccccc2C)s1. The van der Waals surface area contributed by atoms with Crippen molar-refractivity contribution in [1.82, 2.24) is 10.3 Å². The van der Waals surface area contributed by atoms with Crippen molar-refractivity contribution in [3.8, 4) is 10.6 Å². The van der Waals surface area contributed by atoms with Crippen LogP contribution in [-0.4, -0.2) is 11.5 Å². The van der Waals surface area contributed by atoms with E-state index in [1.54, 1.807) is 11.3 Å². The fraction of sp³-hybridized carbons (Fsp3) is 0.357. The van der Waals surface area contributed by atoms with Crippen molar-refractivity contribution < 1.29 is 0 Å². The summed E-state index contributed by atoms with van der Waals surface area (Å²) in [5.74, 6) is 0. The summed E-state index contributed by atoms with van der Waals surface area (Å²) in [6.45, 7) is 6.30. The molecule has 1 aromatic heterocycles. The molecule has 0 saturated heterocycles. The smallest absolute Gasteiger partial charge is 0.123 e. The van der Waals surface area contributed by atoms with Gasteiger partial charge in [0.15, 0.2) is 0 Å². The van der Waals surface area contributed by atoms with E-state index in [1.165, 1.54) is 22.4 Å². The van der Waals surface area contributed by atoms with Gasteiger partial charge in [-0.3, -0.25) is 0 Å². The molecule has 0 aliphatic rings. The number of rotatable bonds is 5. The molecule has 3 heteroatoms. The largest absolute Gasteiger partial charge is 0.312 e. The molecule has 2 rings (SSSR count). The topological polar surface area (TPSA) is 24.9 Å².